The van der Waals surface area contributed by atoms with E-state index >= 15 is 0 Å². The van der Waals surface area contributed by atoms with Crippen LogP contribution in [0.5, 0.6) is 5.75 Å². The van der Waals surface area contributed by atoms with Gasteiger partial charge < -0.3 is 9.84 Å². The second-order valence-corrected chi connectivity index (χ2v) is 4.84. The first-order chi connectivity index (χ1) is 9.16. The monoisotopic (exact) mass is 258 g/mol. The van der Waals surface area contributed by atoms with Crippen LogP contribution in [0.15, 0.2) is 36.4 Å². The Labute approximate surface area is 111 Å². The number of hydrogen-bond acceptors (Lipinski definition) is 2. The van der Waals surface area contributed by atoms with Crippen LogP contribution in [-0.2, 0) is 6.42 Å². The minimum absolute atomic E-state index is 0.340. The second-order valence-electron chi connectivity index (χ2n) is 4.84. The minimum Gasteiger partial charge on any atom is -0.493 e. The van der Waals surface area contributed by atoms with Crippen molar-refractivity contribution >= 4 is 0 Å². The van der Waals surface area contributed by atoms with E-state index in [2.05, 4.69) is 0 Å². The Kier molecular flexibility index (Phi) is 2.99. The van der Waals surface area contributed by atoms with Crippen molar-refractivity contribution in [3.63, 3.8) is 0 Å². The lowest BCUT2D eigenvalue weighted by molar-refractivity contribution is 0.212. The largest absolute Gasteiger partial charge is 0.493 e. The third-order valence-corrected chi connectivity index (χ3v) is 3.58. The molecule has 2 aromatic carbocycles. The molecule has 1 aliphatic rings. The van der Waals surface area contributed by atoms with Crippen molar-refractivity contribution in [2.24, 2.45) is 0 Å². The van der Waals surface area contributed by atoms with Crippen LogP contribution in [0.25, 0.3) is 0 Å². The van der Waals surface area contributed by atoms with E-state index in [1.165, 1.54) is 12.1 Å². The molecule has 1 atom stereocenters. The summed E-state index contributed by atoms with van der Waals surface area (Å²) in [7, 11) is 0. The number of fused-ring (bicyclic) bond motifs is 1. The fraction of sp³-hybridized carbons (Fsp3) is 0.250. The number of ether oxygens (including phenoxy) is 1. The predicted molar refractivity (Wildman–Crippen MR) is 70.8 cm³/mol. The van der Waals surface area contributed by atoms with E-state index in [1.54, 1.807) is 6.07 Å². The first-order valence-electron chi connectivity index (χ1n) is 6.35. The summed E-state index contributed by atoms with van der Waals surface area (Å²) in [6.07, 6.45) is 0.00151. The maximum Gasteiger partial charge on any atom is 0.128 e. The van der Waals surface area contributed by atoms with Crippen LogP contribution in [0.4, 0.5) is 4.39 Å². The molecule has 19 heavy (non-hydrogen) atoms. The summed E-state index contributed by atoms with van der Waals surface area (Å²) >= 11 is 0. The van der Waals surface area contributed by atoms with Crippen molar-refractivity contribution in [1.82, 2.24) is 0 Å². The van der Waals surface area contributed by atoms with Crippen LogP contribution < -0.4 is 4.74 Å². The van der Waals surface area contributed by atoms with Gasteiger partial charge in [-0.3, -0.25) is 0 Å². The molecule has 2 aromatic rings. The number of benzene rings is 2. The zero-order valence-electron chi connectivity index (χ0n) is 10.7. The van der Waals surface area contributed by atoms with Crippen LogP contribution in [0, 0.1) is 12.7 Å². The molecule has 1 unspecified atom stereocenters. The normalized spacial score (nSPS) is 14.9. The number of hydrogen-bond donors (Lipinski definition) is 1. The van der Waals surface area contributed by atoms with Gasteiger partial charge in [0.25, 0.3) is 0 Å². The molecule has 98 valence electrons. The maximum absolute atomic E-state index is 13.4. The van der Waals surface area contributed by atoms with Crippen molar-refractivity contribution in [2.75, 3.05) is 6.61 Å². The first kappa shape index (κ1) is 12.2. The number of aliphatic hydroxyl groups is 1. The molecule has 0 aliphatic carbocycles. The Morgan fingerprint density at radius 2 is 2.05 bits per heavy atom. The lowest BCUT2D eigenvalue weighted by Crippen LogP contribution is -2.04. The molecule has 0 fully saturated rings. The van der Waals surface area contributed by atoms with E-state index in [9.17, 15) is 9.50 Å². The summed E-state index contributed by atoms with van der Waals surface area (Å²) in [6.45, 7) is 2.50. The number of aryl methyl sites for hydroxylation is 1. The Balaban J connectivity index is 2.07. The summed E-state index contributed by atoms with van der Waals surface area (Å²) < 4.78 is 18.9. The molecule has 0 saturated heterocycles. The number of aliphatic hydroxyl groups excluding tert-OH is 1. The van der Waals surface area contributed by atoms with E-state index in [4.69, 9.17) is 4.74 Å². The van der Waals surface area contributed by atoms with E-state index in [0.717, 1.165) is 23.3 Å². The molecule has 0 bridgehead atoms. The lowest BCUT2D eigenvalue weighted by Gasteiger charge is -2.17. The zero-order valence-corrected chi connectivity index (χ0v) is 10.7. The van der Waals surface area contributed by atoms with Gasteiger partial charge in [0.1, 0.15) is 17.7 Å². The summed E-state index contributed by atoms with van der Waals surface area (Å²) in [5, 5.41) is 10.5. The van der Waals surface area contributed by atoms with Gasteiger partial charge in [-0.1, -0.05) is 24.3 Å². The highest BCUT2D eigenvalue weighted by Crippen LogP contribution is 2.36. The molecular weight excluding hydrogens is 243 g/mol. The fourth-order valence-electron chi connectivity index (χ4n) is 2.53. The van der Waals surface area contributed by atoms with E-state index in [1.807, 2.05) is 25.1 Å². The van der Waals surface area contributed by atoms with Crippen LogP contribution in [0.1, 0.15) is 28.4 Å². The maximum atomic E-state index is 13.4. The smallest absolute Gasteiger partial charge is 0.128 e. The van der Waals surface area contributed by atoms with Crippen molar-refractivity contribution in [1.29, 1.82) is 0 Å². The van der Waals surface area contributed by atoms with E-state index in [0.29, 0.717) is 17.7 Å². The first-order valence-corrected chi connectivity index (χ1v) is 6.35. The van der Waals surface area contributed by atoms with Gasteiger partial charge in [-0.25, -0.2) is 4.39 Å². The van der Waals surface area contributed by atoms with Crippen LogP contribution >= 0.6 is 0 Å². The molecule has 1 N–H and O–H groups in total. The van der Waals surface area contributed by atoms with E-state index < -0.39 is 6.10 Å². The van der Waals surface area contributed by atoms with Gasteiger partial charge in [0.05, 0.1) is 6.61 Å². The molecular formula is C16H15FO2. The quantitative estimate of drug-likeness (QED) is 0.896. The Hall–Kier alpha value is -1.87. The van der Waals surface area contributed by atoms with Gasteiger partial charge >= 0.3 is 0 Å². The number of rotatable bonds is 2. The molecule has 3 rings (SSSR count). The van der Waals surface area contributed by atoms with Crippen molar-refractivity contribution in [2.45, 2.75) is 19.4 Å². The Morgan fingerprint density at radius 3 is 2.89 bits per heavy atom. The number of halogens is 1. The lowest BCUT2D eigenvalue weighted by atomic mass is 9.95. The third-order valence-electron chi connectivity index (χ3n) is 3.58. The van der Waals surface area contributed by atoms with Gasteiger partial charge in [0.15, 0.2) is 0 Å². The average molecular weight is 258 g/mol. The van der Waals surface area contributed by atoms with Gasteiger partial charge in [0, 0.05) is 12.0 Å². The average Bonchev–Trinajstić information content (AvgIpc) is 2.89. The van der Waals surface area contributed by atoms with Gasteiger partial charge in [-0.15, -0.1) is 0 Å². The number of para-hydroxylation sites is 1. The summed E-state index contributed by atoms with van der Waals surface area (Å²) in [6, 6.07) is 10.2. The molecule has 0 amide bonds. The van der Waals surface area contributed by atoms with E-state index in [-0.39, 0.29) is 5.82 Å². The highest BCUT2D eigenvalue weighted by molar-refractivity contribution is 5.48. The topological polar surface area (TPSA) is 29.5 Å². The molecule has 0 radical (unpaired) electrons. The third kappa shape index (κ3) is 2.10. The molecule has 2 nitrogen and oxygen atoms in total. The SMILES string of the molecule is Cc1ccc(F)cc1C(O)c1cccc2c1OCC2. The molecule has 3 heteroatoms. The molecule has 0 aromatic heterocycles. The van der Waals surface area contributed by atoms with Crippen LogP contribution in [-0.4, -0.2) is 11.7 Å². The van der Waals surface area contributed by atoms with Gasteiger partial charge in [-0.05, 0) is 35.7 Å². The van der Waals surface area contributed by atoms with Crippen LogP contribution in [0.2, 0.25) is 0 Å². The highest BCUT2D eigenvalue weighted by Gasteiger charge is 2.22. The Morgan fingerprint density at radius 1 is 1.21 bits per heavy atom. The summed E-state index contributed by atoms with van der Waals surface area (Å²) in [5.74, 6) is 0.409. The summed E-state index contributed by atoms with van der Waals surface area (Å²) in [5.41, 5.74) is 3.27. The summed E-state index contributed by atoms with van der Waals surface area (Å²) in [4.78, 5) is 0. The standard InChI is InChI=1S/C16H15FO2/c1-10-5-6-12(17)9-14(10)15(18)13-4-2-3-11-7-8-19-16(11)13/h2-6,9,15,18H,7-8H2,1H3. The zero-order chi connectivity index (χ0) is 13.4. The molecule has 0 spiro atoms. The minimum atomic E-state index is -0.858. The highest BCUT2D eigenvalue weighted by atomic mass is 19.1. The molecule has 1 aliphatic heterocycles. The second kappa shape index (κ2) is 4.67. The van der Waals surface area contributed by atoms with Crippen LogP contribution in [0.3, 0.4) is 0 Å². The van der Waals surface area contributed by atoms with Gasteiger partial charge in [-0.2, -0.15) is 0 Å². The van der Waals surface area contributed by atoms with Crippen molar-refractivity contribution in [3.8, 4) is 5.75 Å². The van der Waals surface area contributed by atoms with Crippen molar-refractivity contribution < 1.29 is 14.2 Å². The van der Waals surface area contributed by atoms with Gasteiger partial charge in [0.2, 0.25) is 0 Å². The predicted octanol–water partition coefficient (Wildman–Crippen LogP) is 3.15. The Bertz CT molecular complexity index is 622. The van der Waals surface area contributed by atoms with Crippen molar-refractivity contribution in [3.05, 3.63) is 64.5 Å². The molecule has 0 saturated carbocycles. The fourth-order valence-corrected chi connectivity index (χ4v) is 2.53. The molecule has 1 heterocycles.